The minimum Gasteiger partial charge on any atom is -0.368 e. The fourth-order valence-corrected chi connectivity index (χ4v) is 5.31. The number of carbonyl (C=O) groups is 8. The van der Waals surface area contributed by atoms with Gasteiger partial charge in [-0.2, -0.15) is 0 Å². The summed E-state index contributed by atoms with van der Waals surface area (Å²) in [4.78, 5) is 107. The van der Waals surface area contributed by atoms with Gasteiger partial charge in [0.05, 0.1) is 12.9 Å². The van der Waals surface area contributed by atoms with Gasteiger partial charge in [0.15, 0.2) is 0 Å². The molecule has 5 atom stereocenters. The number of nitrogens with zero attached hydrogens (tertiary/aromatic N) is 1. The monoisotopic (exact) mass is 740 g/mol. The molecule has 2 rings (SSSR count). The van der Waals surface area contributed by atoms with Crippen molar-refractivity contribution in [2.75, 3.05) is 13.1 Å². The Morgan fingerprint density at radius 3 is 2.08 bits per heavy atom. The van der Waals surface area contributed by atoms with Gasteiger partial charge in [-0.3, -0.25) is 38.4 Å². The Bertz CT molecular complexity index is 1510. The van der Waals surface area contributed by atoms with Gasteiger partial charge in [-0.15, -0.1) is 0 Å². The first-order valence-electron chi connectivity index (χ1n) is 17.5. The number of unbranched alkanes of at least 4 members (excludes halogenated alkanes) is 1. The normalized spacial score (nSPS) is 13.5. The van der Waals surface area contributed by atoms with E-state index in [1.165, 1.54) is 19.4 Å². The molecule has 0 spiro atoms. The standard InChI is InChI=1S/C35H52N10O8/c1-4-5-11-27(42-23(3)47)33(51)44-28(12-13-30(48)39-15-14-26(32(36)50)43-31(49)19-38-21-46)34(52)45-29(17-25-18-37-20-40-25)35(53)41-22(2)16-24-9-7-6-8-10-24/h6-10,18,20-22,26-29H,4-5,11-17,19H2,1-3H3,(H2,36,50)(H,37,40)(H,38,46)(H,39,48)(H,41,53)(H,42,47)(H,43,49)(H,44,51)(H,45,52)/t22?,26?,27-,28?,29-/m0/s1. The van der Waals surface area contributed by atoms with Gasteiger partial charge in [-0.1, -0.05) is 50.1 Å². The minimum atomic E-state index is -1.30. The molecule has 0 fully saturated rings. The average Bonchev–Trinajstić information content (AvgIpc) is 3.63. The van der Waals surface area contributed by atoms with Gasteiger partial charge in [0.25, 0.3) is 0 Å². The molecule has 8 amide bonds. The van der Waals surface area contributed by atoms with Crippen LogP contribution in [0.25, 0.3) is 0 Å². The quantitative estimate of drug-likeness (QED) is 0.0528. The topological polar surface area (TPSA) is 275 Å². The van der Waals surface area contributed by atoms with Crippen LogP contribution in [0.5, 0.6) is 0 Å². The third kappa shape index (κ3) is 17.3. The van der Waals surface area contributed by atoms with E-state index in [1.54, 1.807) is 0 Å². The number of nitrogens with two attached hydrogens (primary N) is 1. The van der Waals surface area contributed by atoms with Crippen molar-refractivity contribution in [2.24, 2.45) is 5.73 Å². The smallest absolute Gasteiger partial charge is 0.243 e. The molecule has 0 aliphatic heterocycles. The highest BCUT2D eigenvalue weighted by molar-refractivity contribution is 5.94. The maximum Gasteiger partial charge on any atom is 0.243 e. The van der Waals surface area contributed by atoms with Crippen molar-refractivity contribution in [3.05, 3.63) is 54.1 Å². The lowest BCUT2D eigenvalue weighted by Gasteiger charge is -2.26. The summed E-state index contributed by atoms with van der Waals surface area (Å²) in [5.74, 6) is -4.33. The van der Waals surface area contributed by atoms with E-state index in [-0.39, 0.29) is 44.8 Å². The number of rotatable bonds is 25. The Morgan fingerprint density at radius 1 is 0.811 bits per heavy atom. The number of aromatic amines is 1. The number of primary amides is 1. The summed E-state index contributed by atoms with van der Waals surface area (Å²) in [5.41, 5.74) is 6.93. The van der Waals surface area contributed by atoms with Gasteiger partial charge in [0, 0.05) is 44.2 Å². The van der Waals surface area contributed by atoms with Crippen LogP contribution in [0.3, 0.4) is 0 Å². The highest BCUT2D eigenvalue weighted by Crippen LogP contribution is 2.08. The first kappa shape index (κ1) is 43.4. The van der Waals surface area contributed by atoms with Crippen molar-refractivity contribution in [1.82, 2.24) is 47.2 Å². The number of imidazole rings is 1. The lowest BCUT2D eigenvalue weighted by Crippen LogP contribution is -2.57. The molecule has 18 nitrogen and oxygen atoms in total. The molecule has 0 bridgehead atoms. The van der Waals surface area contributed by atoms with Crippen molar-refractivity contribution >= 4 is 47.8 Å². The third-order valence-corrected chi connectivity index (χ3v) is 8.00. The summed E-state index contributed by atoms with van der Waals surface area (Å²) in [5, 5.41) is 18.0. The highest BCUT2D eigenvalue weighted by atomic mass is 16.2. The van der Waals surface area contributed by atoms with Crippen LogP contribution in [-0.4, -0.2) is 101 Å². The van der Waals surface area contributed by atoms with Gasteiger partial charge in [-0.25, -0.2) is 4.98 Å². The number of carbonyl (C=O) groups excluding carboxylic acids is 8. The number of H-pyrrole nitrogens is 1. The zero-order chi connectivity index (χ0) is 39.2. The zero-order valence-corrected chi connectivity index (χ0v) is 30.4. The maximum atomic E-state index is 13.9. The number of hydrogen-bond acceptors (Lipinski definition) is 9. The molecule has 1 aromatic heterocycles. The first-order chi connectivity index (χ1) is 25.3. The predicted molar refractivity (Wildman–Crippen MR) is 193 cm³/mol. The maximum absolute atomic E-state index is 13.9. The summed E-state index contributed by atoms with van der Waals surface area (Å²) in [6.07, 6.45) is 5.02. The molecule has 1 heterocycles. The fraction of sp³-hybridized carbons (Fsp3) is 0.514. The van der Waals surface area contributed by atoms with Crippen molar-refractivity contribution in [2.45, 2.75) is 102 Å². The molecule has 53 heavy (non-hydrogen) atoms. The number of aromatic nitrogens is 2. The first-order valence-corrected chi connectivity index (χ1v) is 17.5. The molecule has 2 aromatic rings. The second-order valence-electron chi connectivity index (χ2n) is 12.6. The summed E-state index contributed by atoms with van der Waals surface area (Å²) < 4.78 is 0. The summed E-state index contributed by atoms with van der Waals surface area (Å²) in [6.45, 7) is 4.59. The zero-order valence-electron chi connectivity index (χ0n) is 30.4. The van der Waals surface area contributed by atoms with Crippen LogP contribution in [0.4, 0.5) is 0 Å². The Labute approximate surface area is 308 Å². The van der Waals surface area contributed by atoms with Crippen LogP contribution in [0.1, 0.15) is 70.6 Å². The SMILES string of the molecule is CCCC[C@H](NC(C)=O)C(=O)NC(CCC(=O)NCCC(NC(=O)CNC=O)C(N)=O)C(=O)N[C@@H](Cc1cnc[nH]1)C(=O)NC(C)Cc1ccccc1. The molecule has 0 saturated carbocycles. The molecule has 0 saturated heterocycles. The van der Waals surface area contributed by atoms with Crippen molar-refractivity contribution in [3.8, 4) is 0 Å². The van der Waals surface area contributed by atoms with Crippen molar-refractivity contribution in [1.29, 1.82) is 0 Å². The molecule has 3 unspecified atom stereocenters. The largest absolute Gasteiger partial charge is 0.368 e. The van der Waals surface area contributed by atoms with E-state index in [0.29, 0.717) is 31.4 Å². The Balaban J connectivity index is 2.19. The average molecular weight is 741 g/mol. The summed E-state index contributed by atoms with van der Waals surface area (Å²) in [6, 6.07) is 4.81. The van der Waals surface area contributed by atoms with Crippen LogP contribution in [0.15, 0.2) is 42.9 Å². The van der Waals surface area contributed by atoms with E-state index in [2.05, 4.69) is 47.2 Å². The molecule has 18 heteroatoms. The summed E-state index contributed by atoms with van der Waals surface area (Å²) in [7, 11) is 0. The molecule has 0 aliphatic carbocycles. The second-order valence-corrected chi connectivity index (χ2v) is 12.6. The van der Waals surface area contributed by atoms with E-state index >= 15 is 0 Å². The Morgan fingerprint density at radius 2 is 1.47 bits per heavy atom. The van der Waals surface area contributed by atoms with E-state index in [0.717, 1.165) is 12.0 Å². The molecule has 0 aliphatic rings. The number of nitrogens with one attached hydrogen (secondary N) is 8. The van der Waals surface area contributed by atoms with Crippen LogP contribution >= 0.6 is 0 Å². The van der Waals surface area contributed by atoms with E-state index in [1.807, 2.05) is 44.2 Å². The van der Waals surface area contributed by atoms with E-state index < -0.39 is 65.5 Å². The number of hydrogen-bond donors (Lipinski definition) is 9. The van der Waals surface area contributed by atoms with Crippen LogP contribution in [0, 0.1) is 0 Å². The molecule has 1 aromatic carbocycles. The number of amides is 8. The Kier molecular flexibility index (Phi) is 19.3. The van der Waals surface area contributed by atoms with Gasteiger partial charge in [-0.05, 0) is 38.2 Å². The molecule has 10 N–H and O–H groups in total. The molecular formula is C35H52N10O8. The summed E-state index contributed by atoms with van der Waals surface area (Å²) >= 11 is 0. The second kappa shape index (κ2) is 23.6. The van der Waals surface area contributed by atoms with Gasteiger partial charge in [0.1, 0.15) is 24.2 Å². The molecular weight excluding hydrogens is 688 g/mol. The van der Waals surface area contributed by atoms with Crippen molar-refractivity contribution < 1.29 is 38.4 Å². The van der Waals surface area contributed by atoms with Crippen LogP contribution < -0.4 is 43.0 Å². The van der Waals surface area contributed by atoms with Gasteiger partial charge < -0.3 is 47.9 Å². The molecule has 0 radical (unpaired) electrons. The fourth-order valence-electron chi connectivity index (χ4n) is 5.31. The number of benzene rings is 1. The van der Waals surface area contributed by atoms with E-state index in [9.17, 15) is 38.4 Å². The lowest BCUT2D eigenvalue weighted by atomic mass is 10.0. The van der Waals surface area contributed by atoms with Gasteiger partial charge in [0.2, 0.25) is 47.8 Å². The Hall–Kier alpha value is -5.81. The molecule has 290 valence electrons. The van der Waals surface area contributed by atoms with Crippen LogP contribution in [-0.2, 0) is 51.2 Å². The van der Waals surface area contributed by atoms with Gasteiger partial charge >= 0.3 is 0 Å². The lowest BCUT2D eigenvalue weighted by molar-refractivity contribution is -0.134. The minimum absolute atomic E-state index is 0.0462. The van der Waals surface area contributed by atoms with Crippen molar-refractivity contribution in [3.63, 3.8) is 0 Å². The third-order valence-electron chi connectivity index (χ3n) is 8.00. The van der Waals surface area contributed by atoms with Crippen LogP contribution in [0.2, 0.25) is 0 Å². The van der Waals surface area contributed by atoms with E-state index in [4.69, 9.17) is 5.73 Å². The predicted octanol–water partition coefficient (Wildman–Crippen LogP) is -1.63. The highest BCUT2D eigenvalue weighted by Gasteiger charge is 2.30.